The summed E-state index contributed by atoms with van der Waals surface area (Å²) in [6.07, 6.45) is 11.3. The summed E-state index contributed by atoms with van der Waals surface area (Å²) in [5.74, 6) is 0. The van der Waals surface area contributed by atoms with E-state index in [1.54, 1.807) is 0 Å². The molecule has 45 heavy (non-hydrogen) atoms. The molecule has 0 radical (unpaired) electrons. The van der Waals surface area contributed by atoms with Crippen LogP contribution in [0.15, 0.2) is 60.9 Å². The van der Waals surface area contributed by atoms with Gasteiger partial charge in [0.15, 0.2) is 0 Å². The summed E-state index contributed by atoms with van der Waals surface area (Å²) in [5, 5.41) is 17.3. The molecule has 4 heterocycles. The maximum atomic E-state index is 11.4. The molecule has 0 amide bonds. The predicted octanol–water partition coefficient (Wildman–Crippen LogP) is 8.15. The minimum absolute atomic E-state index is 0.114. The number of anilines is 3. The molecule has 0 bridgehead atoms. The van der Waals surface area contributed by atoms with E-state index in [1.807, 2.05) is 24.3 Å². The Morgan fingerprint density at radius 3 is 2.02 bits per heavy atom. The number of aromatic amines is 2. The molecule has 11 heteroatoms. The number of nitro benzene ring substituents is 1. The Balaban J connectivity index is 0.000000179. The third-order valence-electron chi connectivity index (χ3n) is 9.35. The number of benzene rings is 3. The van der Waals surface area contributed by atoms with E-state index >= 15 is 0 Å². The molecule has 3 aromatic carbocycles. The number of nitrogens with one attached hydrogen (secondary N) is 3. The molecular formula is C34H39Cl2N7O2. The minimum atomic E-state index is -0.472. The van der Waals surface area contributed by atoms with Crippen LogP contribution in [-0.4, -0.2) is 64.0 Å². The first-order valence-corrected chi connectivity index (χ1v) is 16.2. The first-order chi connectivity index (χ1) is 21.7. The maximum Gasteiger partial charge on any atom is 0.294 e. The van der Waals surface area contributed by atoms with Gasteiger partial charge in [-0.3, -0.25) is 10.1 Å². The number of rotatable bonds is 7. The van der Waals surface area contributed by atoms with Gasteiger partial charge in [0, 0.05) is 63.7 Å². The monoisotopic (exact) mass is 647 g/mol. The topological polar surface area (TPSA) is 119 Å². The lowest BCUT2D eigenvalue weighted by atomic mass is 10.0. The zero-order valence-corrected chi connectivity index (χ0v) is 27.1. The zero-order valence-electron chi connectivity index (χ0n) is 25.6. The Bertz CT molecular complexity index is 1830. The number of fused-ring (bicyclic) bond motifs is 2. The normalized spacial score (nSPS) is 18.8. The molecular weight excluding hydrogens is 609 g/mol. The lowest BCUT2D eigenvalue weighted by Crippen LogP contribution is -2.26. The SMILES string of the molecule is CN1CCCC1Cc1c[nH]c2ccc(Nc3c([N+](=O)[O-])ccc(Cl)c3Cl)cc12.CN1CCC[C@@H]1Cc1c[nH]c2ccc(N)cc12. The third-order valence-corrected chi connectivity index (χ3v) is 10.2. The highest BCUT2D eigenvalue weighted by Gasteiger charge is 2.24. The molecule has 236 valence electrons. The number of hydrogen-bond acceptors (Lipinski definition) is 6. The molecule has 2 aromatic heterocycles. The van der Waals surface area contributed by atoms with Crippen LogP contribution in [0.4, 0.5) is 22.7 Å². The summed E-state index contributed by atoms with van der Waals surface area (Å²) in [4.78, 5) is 22.4. The number of aromatic nitrogens is 2. The van der Waals surface area contributed by atoms with Gasteiger partial charge in [-0.15, -0.1) is 0 Å². The number of nitrogens with two attached hydrogens (primary N) is 1. The fourth-order valence-electron chi connectivity index (χ4n) is 6.73. The van der Waals surface area contributed by atoms with Crippen molar-refractivity contribution < 1.29 is 4.92 Å². The molecule has 2 aliphatic heterocycles. The molecule has 2 atom stereocenters. The molecule has 2 saturated heterocycles. The summed E-state index contributed by atoms with van der Waals surface area (Å²) in [7, 11) is 4.39. The Morgan fingerprint density at radius 2 is 1.47 bits per heavy atom. The van der Waals surface area contributed by atoms with Gasteiger partial charge in [0.1, 0.15) is 5.69 Å². The van der Waals surface area contributed by atoms with E-state index in [1.165, 1.54) is 66.4 Å². The molecule has 5 aromatic rings. The van der Waals surface area contributed by atoms with E-state index in [0.29, 0.717) is 12.1 Å². The van der Waals surface area contributed by atoms with Crippen LogP contribution in [0.5, 0.6) is 0 Å². The summed E-state index contributed by atoms with van der Waals surface area (Å²) in [6.45, 7) is 2.37. The van der Waals surface area contributed by atoms with Crippen LogP contribution in [0.1, 0.15) is 36.8 Å². The van der Waals surface area contributed by atoms with E-state index in [4.69, 9.17) is 28.9 Å². The first kappa shape index (κ1) is 31.2. The van der Waals surface area contributed by atoms with Crippen LogP contribution in [0, 0.1) is 10.1 Å². The van der Waals surface area contributed by atoms with Crippen LogP contribution in [0.2, 0.25) is 10.0 Å². The first-order valence-electron chi connectivity index (χ1n) is 15.4. The van der Waals surface area contributed by atoms with E-state index < -0.39 is 4.92 Å². The number of likely N-dealkylation sites (N-methyl/N-ethyl adjacent to an activating group) is 2. The van der Waals surface area contributed by atoms with Crippen molar-refractivity contribution in [3.63, 3.8) is 0 Å². The van der Waals surface area contributed by atoms with Gasteiger partial charge in [-0.2, -0.15) is 0 Å². The van der Waals surface area contributed by atoms with E-state index in [0.717, 1.165) is 41.7 Å². The molecule has 0 saturated carbocycles. The fraction of sp³-hybridized carbons (Fsp3) is 0.353. The van der Waals surface area contributed by atoms with Gasteiger partial charge < -0.3 is 30.8 Å². The van der Waals surface area contributed by atoms with Crippen molar-refractivity contribution >= 4 is 67.8 Å². The van der Waals surface area contributed by atoms with Gasteiger partial charge in [0.05, 0.1) is 15.0 Å². The van der Waals surface area contributed by atoms with Crippen LogP contribution >= 0.6 is 23.2 Å². The zero-order chi connectivity index (χ0) is 31.7. The Kier molecular flexibility index (Phi) is 9.23. The van der Waals surface area contributed by atoms with Gasteiger partial charge in [-0.1, -0.05) is 23.2 Å². The molecule has 9 nitrogen and oxygen atoms in total. The molecule has 0 spiro atoms. The van der Waals surface area contributed by atoms with Crippen LogP contribution in [0.3, 0.4) is 0 Å². The summed E-state index contributed by atoms with van der Waals surface area (Å²) in [6, 6.07) is 15.9. The summed E-state index contributed by atoms with van der Waals surface area (Å²) >= 11 is 12.3. The lowest BCUT2D eigenvalue weighted by molar-refractivity contribution is -0.383. The average molecular weight is 649 g/mol. The third kappa shape index (κ3) is 6.77. The second kappa shape index (κ2) is 13.3. The predicted molar refractivity (Wildman–Crippen MR) is 186 cm³/mol. The smallest absolute Gasteiger partial charge is 0.294 e. The highest BCUT2D eigenvalue weighted by atomic mass is 35.5. The number of hydrogen-bond donors (Lipinski definition) is 4. The van der Waals surface area contributed by atoms with Crippen molar-refractivity contribution in [2.45, 2.75) is 50.6 Å². The summed E-state index contributed by atoms with van der Waals surface area (Å²) in [5.41, 5.74) is 12.4. The molecule has 1 unspecified atom stereocenters. The Hall–Kier alpha value is -3.76. The van der Waals surface area contributed by atoms with Crippen LogP contribution in [-0.2, 0) is 12.8 Å². The molecule has 0 aliphatic carbocycles. The number of H-pyrrole nitrogens is 2. The Morgan fingerprint density at radius 1 is 0.889 bits per heavy atom. The van der Waals surface area contributed by atoms with Gasteiger partial charge in [-0.05, 0) is 119 Å². The van der Waals surface area contributed by atoms with Crippen LogP contribution in [0.25, 0.3) is 21.8 Å². The molecule has 2 aliphatic rings. The van der Waals surface area contributed by atoms with Crippen molar-refractivity contribution in [3.8, 4) is 0 Å². The fourth-order valence-corrected chi connectivity index (χ4v) is 7.09. The lowest BCUT2D eigenvalue weighted by Gasteiger charge is -2.18. The van der Waals surface area contributed by atoms with Gasteiger partial charge in [0.25, 0.3) is 5.69 Å². The number of halogens is 2. The van der Waals surface area contributed by atoms with Crippen molar-refractivity contribution in [1.29, 1.82) is 0 Å². The second-order valence-corrected chi connectivity index (χ2v) is 13.1. The largest absolute Gasteiger partial charge is 0.399 e. The van der Waals surface area contributed by atoms with Crippen molar-refractivity contribution in [3.05, 3.63) is 92.2 Å². The molecule has 5 N–H and O–H groups in total. The average Bonchev–Trinajstić information content (AvgIpc) is 3.81. The van der Waals surface area contributed by atoms with Gasteiger partial charge in [-0.25, -0.2) is 0 Å². The van der Waals surface area contributed by atoms with E-state index in [2.05, 4.69) is 63.7 Å². The highest BCUT2D eigenvalue weighted by Crippen LogP contribution is 2.40. The van der Waals surface area contributed by atoms with Crippen molar-refractivity contribution in [2.75, 3.05) is 38.2 Å². The highest BCUT2D eigenvalue weighted by molar-refractivity contribution is 6.44. The van der Waals surface area contributed by atoms with Crippen molar-refractivity contribution in [1.82, 2.24) is 19.8 Å². The van der Waals surface area contributed by atoms with Crippen molar-refractivity contribution in [2.24, 2.45) is 0 Å². The van der Waals surface area contributed by atoms with Crippen LogP contribution < -0.4 is 11.1 Å². The number of nitrogens with zero attached hydrogens (tertiary/aromatic N) is 3. The number of nitro groups is 1. The standard InChI is InChI=1S/C20H20Cl2N4O2.C14H19N3/c1-25-8-2-3-14(25)9-12-11-23-17-6-4-13(10-15(12)17)24-20-18(26(27)28)7-5-16(21)19(20)22;1-17-6-2-3-12(17)7-10-9-16-14-5-4-11(15)8-13(10)14/h4-7,10-11,14,23-24H,2-3,8-9H2,1H3;4-5,8-9,12,16H,2-3,6-7,15H2,1H3/t;12-/m.1/s1. The second-order valence-electron chi connectivity index (χ2n) is 12.3. The number of likely N-dealkylation sites (tertiary alicyclic amines) is 2. The Labute approximate surface area is 272 Å². The molecule has 7 rings (SSSR count). The van der Waals surface area contributed by atoms with Gasteiger partial charge in [0.2, 0.25) is 0 Å². The quantitative estimate of drug-likeness (QED) is 0.0804. The van der Waals surface area contributed by atoms with E-state index in [-0.39, 0.29) is 21.4 Å². The number of nitrogen functional groups attached to an aromatic ring is 1. The summed E-state index contributed by atoms with van der Waals surface area (Å²) < 4.78 is 0. The maximum absolute atomic E-state index is 11.4. The molecule has 2 fully saturated rings. The minimum Gasteiger partial charge on any atom is -0.399 e. The van der Waals surface area contributed by atoms with E-state index in [9.17, 15) is 10.1 Å². The van der Waals surface area contributed by atoms with Gasteiger partial charge >= 0.3 is 0 Å².